The van der Waals surface area contributed by atoms with Gasteiger partial charge >= 0.3 is 0 Å². The Labute approximate surface area is 121 Å². The number of sulfonamides is 1. The van der Waals surface area contributed by atoms with Gasteiger partial charge in [0.25, 0.3) is 0 Å². The van der Waals surface area contributed by atoms with Gasteiger partial charge in [0.15, 0.2) is 0 Å². The molecule has 2 rings (SSSR count). The summed E-state index contributed by atoms with van der Waals surface area (Å²) in [5.41, 5.74) is 0.532. The summed E-state index contributed by atoms with van der Waals surface area (Å²) in [6.07, 6.45) is 1.48. The molecule has 0 fully saturated rings. The molecular formula is C12H11Cl2NO3S. The normalized spacial score (nSPS) is 11.7. The molecule has 0 unspecified atom stereocenters. The summed E-state index contributed by atoms with van der Waals surface area (Å²) in [6, 6.07) is 6.24. The quantitative estimate of drug-likeness (QED) is 0.939. The van der Waals surface area contributed by atoms with Crippen LogP contribution in [-0.2, 0) is 16.6 Å². The van der Waals surface area contributed by atoms with Crippen molar-refractivity contribution >= 4 is 33.2 Å². The van der Waals surface area contributed by atoms with Gasteiger partial charge in [0, 0.05) is 5.02 Å². The molecule has 0 radical (unpaired) electrons. The van der Waals surface area contributed by atoms with Gasteiger partial charge in [-0.05, 0) is 36.8 Å². The highest BCUT2D eigenvalue weighted by molar-refractivity contribution is 7.89. The number of benzene rings is 1. The van der Waals surface area contributed by atoms with Crippen LogP contribution in [-0.4, -0.2) is 8.42 Å². The highest BCUT2D eigenvalue weighted by Crippen LogP contribution is 2.30. The molecule has 2 aromatic rings. The minimum atomic E-state index is -3.71. The fourth-order valence-electron chi connectivity index (χ4n) is 1.50. The monoisotopic (exact) mass is 319 g/mol. The van der Waals surface area contributed by atoms with E-state index >= 15 is 0 Å². The number of nitrogens with one attached hydrogen (secondary N) is 1. The summed E-state index contributed by atoms with van der Waals surface area (Å²) in [4.78, 5) is 0.00243. The van der Waals surface area contributed by atoms with Crippen molar-refractivity contribution in [3.05, 3.63) is 51.9 Å². The number of hydrogen-bond donors (Lipinski definition) is 1. The van der Waals surface area contributed by atoms with E-state index in [1.165, 1.54) is 18.4 Å². The highest BCUT2D eigenvalue weighted by atomic mass is 35.5. The second-order valence-electron chi connectivity index (χ2n) is 3.89. The van der Waals surface area contributed by atoms with Crippen LogP contribution in [0, 0.1) is 6.92 Å². The van der Waals surface area contributed by atoms with Gasteiger partial charge in [0.05, 0.1) is 17.8 Å². The summed E-state index contributed by atoms with van der Waals surface area (Å²) in [7, 11) is -3.71. The topological polar surface area (TPSA) is 59.3 Å². The van der Waals surface area contributed by atoms with Gasteiger partial charge in [-0.2, -0.15) is 0 Å². The molecule has 0 atom stereocenters. The highest BCUT2D eigenvalue weighted by Gasteiger charge is 2.20. The van der Waals surface area contributed by atoms with Crippen LogP contribution in [0.5, 0.6) is 0 Å². The molecule has 0 aliphatic carbocycles. The van der Waals surface area contributed by atoms with Crippen molar-refractivity contribution in [3.8, 4) is 0 Å². The fraction of sp³-hybridized carbons (Fsp3) is 0.167. The number of hydrogen-bond acceptors (Lipinski definition) is 3. The van der Waals surface area contributed by atoms with Crippen LogP contribution in [0.25, 0.3) is 0 Å². The zero-order valence-corrected chi connectivity index (χ0v) is 12.3. The van der Waals surface area contributed by atoms with Gasteiger partial charge in [-0.3, -0.25) is 0 Å². The molecule has 1 aromatic carbocycles. The SMILES string of the molecule is Cc1c(Cl)ccc(S(=O)(=O)NCc2ccco2)c1Cl. The Hall–Kier alpha value is -1.01. The Bertz CT molecular complexity index is 681. The van der Waals surface area contributed by atoms with Gasteiger partial charge in [0.1, 0.15) is 10.7 Å². The van der Waals surface area contributed by atoms with Crippen molar-refractivity contribution in [2.75, 3.05) is 0 Å². The lowest BCUT2D eigenvalue weighted by molar-refractivity contribution is 0.498. The lowest BCUT2D eigenvalue weighted by atomic mass is 10.2. The van der Waals surface area contributed by atoms with Gasteiger partial charge in [0.2, 0.25) is 10.0 Å². The molecule has 0 spiro atoms. The third-order valence-corrected chi connectivity index (χ3v) is 5.04. The Balaban J connectivity index is 2.27. The van der Waals surface area contributed by atoms with Crippen LogP contribution in [0.15, 0.2) is 39.8 Å². The third-order valence-electron chi connectivity index (χ3n) is 2.59. The van der Waals surface area contributed by atoms with E-state index in [4.69, 9.17) is 27.6 Å². The van der Waals surface area contributed by atoms with Crippen LogP contribution in [0.1, 0.15) is 11.3 Å². The second kappa shape index (κ2) is 5.54. The number of furan rings is 1. The van der Waals surface area contributed by atoms with Crippen LogP contribution < -0.4 is 4.72 Å². The molecule has 19 heavy (non-hydrogen) atoms. The summed E-state index contributed by atoms with van der Waals surface area (Å²) < 4.78 is 31.7. The van der Waals surface area contributed by atoms with E-state index < -0.39 is 10.0 Å². The first-order chi connectivity index (χ1) is 8.92. The summed E-state index contributed by atoms with van der Waals surface area (Å²) in [6.45, 7) is 1.73. The molecular weight excluding hydrogens is 309 g/mol. The maximum absolute atomic E-state index is 12.1. The molecule has 0 amide bonds. The van der Waals surface area contributed by atoms with Crippen LogP contribution in [0.4, 0.5) is 0 Å². The molecule has 0 bridgehead atoms. The maximum atomic E-state index is 12.1. The standard InChI is InChI=1S/C12H11Cl2NO3S/c1-8-10(13)4-5-11(12(8)14)19(16,17)15-7-9-3-2-6-18-9/h2-6,15H,7H2,1H3. The average molecular weight is 320 g/mol. The molecule has 0 aliphatic rings. The van der Waals surface area contributed by atoms with Crippen LogP contribution in [0.2, 0.25) is 10.0 Å². The van der Waals surface area contributed by atoms with Gasteiger partial charge in [-0.15, -0.1) is 0 Å². The summed E-state index contributed by atoms with van der Waals surface area (Å²) in [5, 5.41) is 0.550. The van der Waals surface area contributed by atoms with E-state index in [0.29, 0.717) is 16.3 Å². The van der Waals surface area contributed by atoms with Gasteiger partial charge < -0.3 is 4.42 Å². The lowest BCUT2D eigenvalue weighted by Crippen LogP contribution is -2.23. The number of halogens is 2. The van der Waals surface area contributed by atoms with E-state index in [1.54, 1.807) is 19.1 Å². The Kier molecular flexibility index (Phi) is 4.20. The lowest BCUT2D eigenvalue weighted by Gasteiger charge is -2.10. The summed E-state index contributed by atoms with van der Waals surface area (Å²) in [5.74, 6) is 0.519. The third kappa shape index (κ3) is 3.12. The Morgan fingerprint density at radius 2 is 2.00 bits per heavy atom. The molecule has 1 heterocycles. The van der Waals surface area contributed by atoms with E-state index in [2.05, 4.69) is 4.72 Å². The van der Waals surface area contributed by atoms with E-state index in [9.17, 15) is 8.42 Å². The van der Waals surface area contributed by atoms with Crippen molar-refractivity contribution in [1.29, 1.82) is 0 Å². The van der Waals surface area contributed by atoms with Crippen LogP contribution >= 0.6 is 23.2 Å². The molecule has 7 heteroatoms. The van der Waals surface area contributed by atoms with E-state index in [-0.39, 0.29) is 16.5 Å². The summed E-state index contributed by atoms with van der Waals surface area (Å²) >= 11 is 11.9. The molecule has 4 nitrogen and oxygen atoms in total. The molecule has 1 N–H and O–H groups in total. The van der Waals surface area contributed by atoms with Crippen molar-refractivity contribution in [2.24, 2.45) is 0 Å². The molecule has 0 saturated carbocycles. The first-order valence-corrected chi connectivity index (χ1v) is 7.62. The zero-order valence-electron chi connectivity index (χ0n) is 9.98. The predicted molar refractivity (Wildman–Crippen MR) is 73.9 cm³/mol. The smallest absolute Gasteiger partial charge is 0.242 e. The molecule has 1 aromatic heterocycles. The first kappa shape index (κ1) is 14.4. The van der Waals surface area contributed by atoms with E-state index in [0.717, 1.165) is 0 Å². The second-order valence-corrected chi connectivity index (χ2v) is 6.41. The predicted octanol–water partition coefficient (Wildman–Crippen LogP) is 3.37. The Morgan fingerprint density at radius 3 is 2.63 bits per heavy atom. The first-order valence-electron chi connectivity index (χ1n) is 5.38. The van der Waals surface area contributed by atoms with Crippen molar-refractivity contribution < 1.29 is 12.8 Å². The van der Waals surface area contributed by atoms with Crippen molar-refractivity contribution in [1.82, 2.24) is 4.72 Å². The minimum absolute atomic E-state index is 0.00243. The van der Waals surface area contributed by atoms with Gasteiger partial charge in [-0.25, -0.2) is 13.1 Å². The maximum Gasteiger partial charge on any atom is 0.242 e. The van der Waals surface area contributed by atoms with Crippen molar-refractivity contribution in [3.63, 3.8) is 0 Å². The van der Waals surface area contributed by atoms with E-state index in [1.807, 2.05) is 0 Å². The van der Waals surface area contributed by atoms with Crippen molar-refractivity contribution in [2.45, 2.75) is 18.4 Å². The molecule has 102 valence electrons. The van der Waals surface area contributed by atoms with Crippen LogP contribution in [0.3, 0.4) is 0 Å². The Morgan fingerprint density at radius 1 is 1.26 bits per heavy atom. The number of rotatable bonds is 4. The fourth-order valence-corrected chi connectivity index (χ4v) is 3.30. The largest absolute Gasteiger partial charge is 0.468 e. The zero-order chi connectivity index (χ0) is 14.0. The molecule has 0 saturated heterocycles. The van der Waals surface area contributed by atoms with Gasteiger partial charge in [-0.1, -0.05) is 23.2 Å². The average Bonchev–Trinajstić information content (AvgIpc) is 2.86. The minimum Gasteiger partial charge on any atom is -0.468 e. The molecule has 0 aliphatic heterocycles.